The quantitative estimate of drug-likeness (QED) is 0.200. The van der Waals surface area contributed by atoms with Crippen LogP contribution in [0.25, 0.3) is 0 Å². The van der Waals surface area contributed by atoms with E-state index in [4.69, 9.17) is 19.9 Å². The molecule has 0 aliphatic carbocycles. The summed E-state index contributed by atoms with van der Waals surface area (Å²) in [5, 5.41) is 12.1. The van der Waals surface area contributed by atoms with E-state index in [2.05, 4.69) is 5.32 Å². The van der Waals surface area contributed by atoms with Crippen LogP contribution < -0.4 is 20.7 Å². The topological polar surface area (TPSA) is 178 Å². The van der Waals surface area contributed by atoms with Crippen LogP contribution in [-0.4, -0.2) is 72.2 Å². The molecule has 4 aromatic carbocycles. The number of amides is 4. The molecule has 1 spiro atoms. The zero-order valence-electron chi connectivity index (χ0n) is 30.5. The minimum absolute atomic E-state index is 0.0459. The summed E-state index contributed by atoms with van der Waals surface area (Å²) in [6.45, 7) is 3.29. The van der Waals surface area contributed by atoms with Crippen LogP contribution in [0.4, 0.5) is 10.5 Å². The van der Waals surface area contributed by atoms with Crippen molar-refractivity contribution in [3.8, 4) is 5.75 Å². The number of hydrogen-bond donors (Lipinski definition) is 3. The van der Waals surface area contributed by atoms with E-state index in [0.29, 0.717) is 22.4 Å². The van der Waals surface area contributed by atoms with E-state index < -0.39 is 77.3 Å². The van der Waals surface area contributed by atoms with Crippen LogP contribution in [0.5, 0.6) is 5.75 Å². The number of hydrogen-bond acceptors (Lipinski definition) is 10. The second kappa shape index (κ2) is 15.0. The molecule has 0 aromatic heterocycles. The number of rotatable bonds is 10. The van der Waals surface area contributed by atoms with Gasteiger partial charge in [0.25, 0.3) is 0 Å². The van der Waals surface area contributed by atoms with Crippen molar-refractivity contribution in [3.05, 3.63) is 131 Å². The molecule has 7 rings (SSSR count). The average Bonchev–Trinajstić information content (AvgIpc) is 3.66. The van der Waals surface area contributed by atoms with Crippen LogP contribution in [0.2, 0.25) is 0 Å². The first-order valence-electron chi connectivity index (χ1n) is 18.1. The van der Waals surface area contributed by atoms with Crippen LogP contribution in [0.15, 0.2) is 109 Å². The van der Waals surface area contributed by atoms with E-state index in [-0.39, 0.29) is 18.9 Å². The van der Waals surface area contributed by atoms with Crippen molar-refractivity contribution >= 4 is 35.5 Å². The van der Waals surface area contributed by atoms with Gasteiger partial charge in [-0.05, 0) is 46.4 Å². The fourth-order valence-corrected chi connectivity index (χ4v) is 8.63. The second-order valence-electron chi connectivity index (χ2n) is 14.2. The molecule has 2 saturated heterocycles. The molecule has 4 amide bonds. The summed E-state index contributed by atoms with van der Waals surface area (Å²) in [6.07, 6.45) is -0.885. The predicted molar refractivity (Wildman–Crippen MR) is 199 cm³/mol. The van der Waals surface area contributed by atoms with Crippen molar-refractivity contribution in [3.63, 3.8) is 0 Å². The van der Waals surface area contributed by atoms with Crippen molar-refractivity contribution in [2.45, 2.75) is 49.5 Å². The fourth-order valence-electron chi connectivity index (χ4n) is 8.63. The van der Waals surface area contributed by atoms with Crippen molar-refractivity contribution in [2.75, 3.05) is 25.2 Å². The maximum atomic E-state index is 15.7. The first kappa shape index (κ1) is 37.3. The number of para-hydroxylation sites is 1. The number of carbonyl (C=O) groups is 5. The molecule has 3 heterocycles. The molecule has 284 valence electrons. The number of nitrogens with one attached hydrogen (secondary N) is 1. The maximum Gasteiger partial charge on any atom is 0.329 e. The van der Waals surface area contributed by atoms with E-state index in [0.717, 1.165) is 10.5 Å². The lowest BCUT2D eigenvalue weighted by atomic mass is 9.65. The highest BCUT2D eigenvalue weighted by molar-refractivity contribution is 6.25. The van der Waals surface area contributed by atoms with Gasteiger partial charge in [-0.2, -0.15) is 0 Å². The number of cyclic esters (lactones) is 1. The number of nitrogens with two attached hydrogens (primary N) is 1. The average molecular weight is 747 g/mol. The van der Waals surface area contributed by atoms with E-state index in [1.165, 1.54) is 7.11 Å². The summed E-state index contributed by atoms with van der Waals surface area (Å²) in [5.41, 5.74) is 6.80. The van der Waals surface area contributed by atoms with Gasteiger partial charge in [0.1, 0.15) is 36.0 Å². The lowest BCUT2D eigenvalue weighted by Crippen LogP contribution is -2.57. The molecule has 7 atom stereocenters. The summed E-state index contributed by atoms with van der Waals surface area (Å²) in [4.78, 5) is 74.4. The van der Waals surface area contributed by atoms with Crippen molar-refractivity contribution < 1.29 is 43.3 Å². The third-order valence-corrected chi connectivity index (χ3v) is 10.8. The third-order valence-electron chi connectivity index (χ3n) is 10.8. The standard InChI is InChI=1S/C42H42N4O9/c1-24(2)32(38(49)53-3)44-41(52)45-30-17-11-10-16-29(30)42(40(45)51)31(37(43)48)34-39(50)55-35(26-14-8-5-9-15-26)33(25-12-6-4-7-13-25)46(34)36(42)27-18-20-28(21-19-27)54-23-22-47/h4-21,24,31-36,47H,22-23H2,1-3H3,(H2,43,48)(H,44,52). The number of fused-ring (bicyclic) bond motifs is 3. The molecule has 0 radical (unpaired) electrons. The number of aliphatic hydroxyl groups is 1. The van der Waals surface area contributed by atoms with Gasteiger partial charge >= 0.3 is 18.0 Å². The maximum absolute atomic E-state index is 15.7. The van der Waals surface area contributed by atoms with Crippen molar-refractivity contribution in [1.82, 2.24) is 10.2 Å². The van der Waals surface area contributed by atoms with Gasteiger partial charge in [0.2, 0.25) is 11.8 Å². The van der Waals surface area contributed by atoms with Crippen molar-refractivity contribution in [1.29, 1.82) is 0 Å². The number of anilines is 1. The van der Waals surface area contributed by atoms with Gasteiger partial charge in [-0.25, -0.2) is 14.5 Å². The molecule has 55 heavy (non-hydrogen) atoms. The molecule has 7 unspecified atom stereocenters. The Bertz CT molecular complexity index is 2090. The van der Waals surface area contributed by atoms with E-state index in [1.807, 2.05) is 65.6 Å². The number of nitrogens with zero attached hydrogens (tertiary/aromatic N) is 2. The lowest BCUT2D eigenvalue weighted by molar-refractivity contribution is -0.178. The highest BCUT2D eigenvalue weighted by atomic mass is 16.6. The Morgan fingerprint density at radius 1 is 0.855 bits per heavy atom. The highest BCUT2D eigenvalue weighted by Crippen LogP contribution is 2.65. The van der Waals surface area contributed by atoms with Gasteiger partial charge < -0.3 is 30.4 Å². The summed E-state index contributed by atoms with van der Waals surface area (Å²) in [7, 11) is 1.21. The van der Waals surface area contributed by atoms with Crippen LogP contribution in [0, 0.1) is 11.8 Å². The van der Waals surface area contributed by atoms with Crippen LogP contribution in [0.1, 0.15) is 54.3 Å². The van der Waals surface area contributed by atoms with E-state index in [1.54, 1.807) is 62.4 Å². The summed E-state index contributed by atoms with van der Waals surface area (Å²) in [6, 6.07) is 26.8. The Hall–Kier alpha value is -6.05. The minimum atomic E-state index is -1.96. The molecule has 3 aliphatic rings. The molecule has 13 nitrogen and oxygen atoms in total. The molecular weight excluding hydrogens is 704 g/mol. The number of ether oxygens (including phenoxy) is 3. The zero-order chi connectivity index (χ0) is 39.0. The third kappa shape index (κ3) is 6.09. The minimum Gasteiger partial charge on any atom is -0.491 e. The van der Waals surface area contributed by atoms with Gasteiger partial charge in [0.05, 0.1) is 37.4 Å². The van der Waals surface area contributed by atoms with Gasteiger partial charge in [-0.15, -0.1) is 0 Å². The summed E-state index contributed by atoms with van der Waals surface area (Å²) in [5.74, 6) is -4.71. The second-order valence-corrected chi connectivity index (χ2v) is 14.2. The Morgan fingerprint density at radius 2 is 1.47 bits per heavy atom. The van der Waals surface area contributed by atoms with E-state index in [9.17, 15) is 24.3 Å². The zero-order valence-corrected chi connectivity index (χ0v) is 30.5. The smallest absolute Gasteiger partial charge is 0.329 e. The molecule has 2 fully saturated rings. The normalized spacial score (nSPS) is 24.9. The number of aliphatic hydroxyl groups excluding tert-OH is 1. The van der Waals surface area contributed by atoms with Gasteiger partial charge in [0, 0.05) is 0 Å². The number of carbonyl (C=O) groups excluding carboxylic acids is 5. The number of benzene rings is 4. The Kier molecular flexibility index (Phi) is 10.2. The van der Waals surface area contributed by atoms with Gasteiger partial charge in [-0.1, -0.05) is 105 Å². The number of morpholine rings is 1. The molecule has 4 aromatic rings. The van der Waals surface area contributed by atoms with Gasteiger partial charge in [0.15, 0.2) is 0 Å². The van der Waals surface area contributed by atoms with Crippen LogP contribution in [0.3, 0.4) is 0 Å². The summed E-state index contributed by atoms with van der Waals surface area (Å²) >= 11 is 0. The molecule has 0 saturated carbocycles. The van der Waals surface area contributed by atoms with Crippen molar-refractivity contribution in [2.24, 2.45) is 17.6 Å². The van der Waals surface area contributed by atoms with Crippen LogP contribution in [-0.2, 0) is 34.1 Å². The van der Waals surface area contributed by atoms with Crippen LogP contribution >= 0.6 is 0 Å². The molecule has 3 aliphatic heterocycles. The van der Waals surface area contributed by atoms with Gasteiger partial charge in [-0.3, -0.25) is 19.3 Å². The number of imide groups is 1. The molecule has 13 heteroatoms. The highest BCUT2D eigenvalue weighted by Gasteiger charge is 2.75. The SMILES string of the molecule is COC(=O)C(NC(=O)N1C(=O)C2(c3ccccc31)C(C(N)=O)C1C(=O)OC(c3ccccc3)C(c3ccccc3)N1C2c1ccc(OCCO)cc1)C(C)C. The molecular formula is C42H42N4O9. The monoisotopic (exact) mass is 746 g/mol. The molecule has 0 bridgehead atoms. The Morgan fingerprint density at radius 3 is 2.07 bits per heavy atom. The first-order chi connectivity index (χ1) is 26.6. The number of esters is 2. The Labute approximate surface area is 318 Å². The molecule has 4 N–H and O–H groups in total. The van der Waals surface area contributed by atoms with E-state index >= 15 is 4.79 Å². The number of methoxy groups -OCH3 is 1. The predicted octanol–water partition coefficient (Wildman–Crippen LogP) is 4.12. The Balaban J connectivity index is 1.50. The lowest BCUT2D eigenvalue weighted by Gasteiger charge is -2.46. The summed E-state index contributed by atoms with van der Waals surface area (Å²) < 4.78 is 16.9. The fraction of sp³-hybridized carbons (Fsp3) is 0.310. The number of primary amides is 1. The largest absolute Gasteiger partial charge is 0.491 e. The first-order valence-corrected chi connectivity index (χ1v) is 18.1. The number of urea groups is 1.